The summed E-state index contributed by atoms with van der Waals surface area (Å²) in [6, 6.07) is 16.4. The molecular weight excluding hydrogens is 260 g/mol. The van der Waals surface area contributed by atoms with Gasteiger partial charge in [-0.05, 0) is 54.0 Å². The van der Waals surface area contributed by atoms with E-state index in [-0.39, 0.29) is 0 Å². The molecule has 2 nitrogen and oxygen atoms in total. The Morgan fingerprint density at radius 3 is 2.86 bits per heavy atom. The summed E-state index contributed by atoms with van der Waals surface area (Å²) in [7, 11) is 0. The molecule has 0 fully saturated rings. The molecule has 0 saturated carbocycles. The number of benzene rings is 2. The number of aliphatic hydroxyl groups excluding tert-OH is 1. The fourth-order valence-electron chi connectivity index (χ4n) is 3.01. The Labute approximate surface area is 126 Å². The van der Waals surface area contributed by atoms with Crippen LogP contribution in [0.4, 0.5) is 0 Å². The van der Waals surface area contributed by atoms with Crippen molar-refractivity contribution in [2.24, 2.45) is 0 Å². The van der Waals surface area contributed by atoms with E-state index in [1.807, 2.05) is 24.3 Å². The minimum Gasteiger partial charge on any atom is -0.494 e. The van der Waals surface area contributed by atoms with Crippen molar-refractivity contribution < 1.29 is 9.84 Å². The van der Waals surface area contributed by atoms with Crippen molar-refractivity contribution in [1.82, 2.24) is 0 Å². The number of rotatable bonds is 6. The van der Waals surface area contributed by atoms with E-state index < -0.39 is 6.10 Å². The van der Waals surface area contributed by atoms with Gasteiger partial charge in [0.1, 0.15) is 5.75 Å². The van der Waals surface area contributed by atoms with Crippen LogP contribution < -0.4 is 4.74 Å². The summed E-state index contributed by atoms with van der Waals surface area (Å²) in [6.45, 7) is 2.81. The Bertz CT molecular complexity index is 606. The van der Waals surface area contributed by atoms with Crippen molar-refractivity contribution in [2.45, 2.75) is 38.2 Å². The highest BCUT2D eigenvalue weighted by Crippen LogP contribution is 2.40. The minimum absolute atomic E-state index is 0.423. The first-order chi connectivity index (χ1) is 10.3. The zero-order valence-corrected chi connectivity index (χ0v) is 12.5. The zero-order chi connectivity index (χ0) is 14.7. The summed E-state index contributed by atoms with van der Waals surface area (Å²) in [5.74, 6) is 1.33. The van der Waals surface area contributed by atoms with Gasteiger partial charge in [0.15, 0.2) is 0 Å². The fraction of sp³-hybridized carbons (Fsp3) is 0.368. The third kappa shape index (κ3) is 3.11. The summed E-state index contributed by atoms with van der Waals surface area (Å²) < 4.78 is 5.64. The SMILES string of the molecule is CCCOc1cccc(C(O)CC2Cc3ccccc32)c1. The van der Waals surface area contributed by atoms with Crippen molar-refractivity contribution in [1.29, 1.82) is 0 Å². The van der Waals surface area contributed by atoms with E-state index in [1.54, 1.807) is 0 Å². The maximum Gasteiger partial charge on any atom is 0.119 e. The van der Waals surface area contributed by atoms with Crippen LogP contribution in [-0.4, -0.2) is 11.7 Å². The summed E-state index contributed by atoms with van der Waals surface area (Å²) >= 11 is 0. The van der Waals surface area contributed by atoms with Crippen LogP contribution >= 0.6 is 0 Å². The molecule has 2 heteroatoms. The molecule has 2 aromatic carbocycles. The second kappa shape index (κ2) is 6.31. The Kier molecular flexibility index (Phi) is 4.26. The second-order valence-corrected chi connectivity index (χ2v) is 5.77. The maximum absolute atomic E-state index is 10.5. The average molecular weight is 282 g/mol. The average Bonchev–Trinajstić information content (AvgIpc) is 2.50. The van der Waals surface area contributed by atoms with E-state index in [2.05, 4.69) is 31.2 Å². The third-order valence-corrected chi connectivity index (χ3v) is 4.18. The van der Waals surface area contributed by atoms with E-state index >= 15 is 0 Å². The van der Waals surface area contributed by atoms with Crippen molar-refractivity contribution in [2.75, 3.05) is 6.61 Å². The standard InChI is InChI=1S/C19H22O2/c1-2-10-21-17-8-5-7-15(12-17)19(20)13-16-11-14-6-3-4-9-18(14)16/h3-9,12,16,19-20H,2,10-11,13H2,1H3. The van der Waals surface area contributed by atoms with Crippen LogP contribution in [0, 0.1) is 0 Å². The van der Waals surface area contributed by atoms with Gasteiger partial charge in [-0.15, -0.1) is 0 Å². The second-order valence-electron chi connectivity index (χ2n) is 5.77. The van der Waals surface area contributed by atoms with Gasteiger partial charge in [0, 0.05) is 0 Å². The number of aliphatic hydroxyl groups is 1. The molecule has 3 rings (SSSR count). The van der Waals surface area contributed by atoms with E-state index in [9.17, 15) is 5.11 Å². The smallest absolute Gasteiger partial charge is 0.119 e. The van der Waals surface area contributed by atoms with Gasteiger partial charge < -0.3 is 9.84 Å². The molecule has 110 valence electrons. The lowest BCUT2D eigenvalue weighted by atomic mass is 9.74. The molecule has 1 aliphatic carbocycles. The third-order valence-electron chi connectivity index (χ3n) is 4.18. The Balaban J connectivity index is 1.65. The van der Waals surface area contributed by atoms with Crippen molar-refractivity contribution >= 4 is 0 Å². The molecule has 0 spiro atoms. The van der Waals surface area contributed by atoms with Crippen LogP contribution in [0.15, 0.2) is 48.5 Å². The van der Waals surface area contributed by atoms with Crippen molar-refractivity contribution in [3.63, 3.8) is 0 Å². The molecule has 2 aromatic rings. The lowest BCUT2D eigenvalue weighted by molar-refractivity contribution is 0.153. The van der Waals surface area contributed by atoms with Gasteiger partial charge in [-0.3, -0.25) is 0 Å². The predicted molar refractivity (Wildman–Crippen MR) is 84.7 cm³/mol. The molecular formula is C19H22O2. The molecule has 0 aromatic heterocycles. The van der Waals surface area contributed by atoms with E-state index in [0.717, 1.165) is 37.2 Å². The number of fused-ring (bicyclic) bond motifs is 1. The molecule has 0 amide bonds. The quantitative estimate of drug-likeness (QED) is 0.858. The van der Waals surface area contributed by atoms with Crippen LogP contribution in [0.3, 0.4) is 0 Å². The molecule has 0 aliphatic heterocycles. The summed E-state index contributed by atoms with van der Waals surface area (Å²) in [6.07, 6.45) is 2.44. The normalized spacial score (nSPS) is 17.7. The summed E-state index contributed by atoms with van der Waals surface area (Å²) in [4.78, 5) is 0. The molecule has 0 bridgehead atoms. The first kappa shape index (κ1) is 14.2. The van der Waals surface area contributed by atoms with Crippen LogP contribution in [0.2, 0.25) is 0 Å². The first-order valence-corrected chi connectivity index (χ1v) is 7.76. The Hall–Kier alpha value is -1.80. The molecule has 2 unspecified atom stereocenters. The molecule has 21 heavy (non-hydrogen) atoms. The molecule has 0 heterocycles. The summed E-state index contributed by atoms with van der Waals surface area (Å²) in [5.41, 5.74) is 3.78. The van der Waals surface area contributed by atoms with Gasteiger partial charge in [-0.1, -0.05) is 43.3 Å². The van der Waals surface area contributed by atoms with Crippen LogP contribution in [0.5, 0.6) is 5.75 Å². The highest BCUT2D eigenvalue weighted by atomic mass is 16.5. The van der Waals surface area contributed by atoms with Gasteiger partial charge in [0.25, 0.3) is 0 Å². The molecule has 1 aliphatic rings. The Morgan fingerprint density at radius 2 is 2.05 bits per heavy atom. The Morgan fingerprint density at radius 1 is 1.19 bits per heavy atom. The van der Waals surface area contributed by atoms with Crippen molar-refractivity contribution in [3.05, 3.63) is 65.2 Å². The zero-order valence-electron chi connectivity index (χ0n) is 12.5. The largest absolute Gasteiger partial charge is 0.494 e. The monoisotopic (exact) mass is 282 g/mol. The van der Waals surface area contributed by atoms with E-state index in [4.69, 9.17) is 4.74 Å². The number of ether oxygens (including phenoxy) is 1. The van der Waals surface area contributed by atoms with Crippen LogP contribution in [0.25, 0.3) is 0 Å². The van der Waals surface area contributed by atoms with E-state index in [0.29, 0.717) is 5.92 Å². The van der Waals surface area contributed by atoms with Gasteiger partial charge in [-0.2, -0.15) is 0 Å². The lowest BCUT2D eigenvalue weighted by Crippen LogP contribution is -2.19. The fourth-order valence-corrected chi connectivity index (χ4v) is 3.01. The topological polar surface area (TPSA) is 29.5 Å². The van der Waals surface area contributed by atoms with Gasteiger partial charge in [0.2, 0.25) is 0 Å². The molecule has 2 atom stereocenters. The molecule has 0 radical (unpaired) electrons. The predicted octanol–water partition coefficient (Wildman–Crippen LogP) is 4.24. The number of hydrogen-bond donors (Lipinski definition) is 1. The highest BCUT2D eigenvalue weighted by molar-refractivity contribution is 5.40. The van der Waals surface area contributed by atoms with Gasteiger partial charge in [-0.25, -0.2) is 0 Å². The van der Waals surface area contributed by atoms with Crippen LogP contribution in [-0.2, 0) is 6.42 Å². The minimum atomic E-state index is -0.423. The molecule has 0 saturated heterocycles. The first-order valence-electron chi connectivity index (χ1n) is 7.76. The van der Waals surface area contributed by atoms with Crippen molar-refractivity contribution in [3.8, 4) is 5.75 Å². The van der Waals surface area contributed by atoms with Crippen LogP contribution in [0.1, 0.15) is 48.5 Å². The number of hydrogen-bond acceptors (Lipinski definition) is 2. The lowest BCUT2D eigenvalue weighted by Gasteiger charge is -2.31. The van der Waals surface area contributed by atoms with E-state index in [1.165, 1.54) is 11.1 Å². The maximum atomic E-state index is 10.5. The summed E-state index contributed by atoms with van der Waals surface area (Å²) in [5, 5.41) is 10.5. The van der Waals surface area contributed by atoms with Gasteiger partial charge in [0.05, 0.1) is 12.7 Å². The molecule has 1 N–H and O–H groups in total. The van der Waals surface area contributed by atoms with Gasteiger partial charge >= 0.3 is 0 Å². The highest BCUT2D eigenvalue weighted by Gasteiger charge is 2.27.